The third-order valence-corrected chi connectivity index (χ3v) is 4.88. The van der Waals surface area contributed by atoms with Crippen LogP contribution in [0.25, 0.3) is 17.0 Å². The van der Waals surface area contributed by atoms with E-state index >= 15 is 0 Å². The normalized spacial score (nSPS) is 12.4. The molecule has 148 valence electrons. The predicted molar refractivity (Wildman–Crippen MR) is 108 cm³/mol. The van der Waals surface area contributed by atoms with Crippen molar-refractivity contribution < 1.29 is 9.59 Å². The number of H-pyrrole nitrogens is 1. The van der Waals surface area contributed by atoms with Gasteiger partial charge in [-0.15, -0.1) is 0 Å². The topological polar surface area (TPSA) is 95.4 Å². The number of nitrogens with one attached hydrogen (secondary N) is 2. The van der Waals surface area contributed by atoms with Crippen LogP contribution >= 0.6 is 23.2 Å². The molecular weight excluding hydrogens is 403 g/mol. The molecule has 0 saturated heterocycles. The van der Waals surface area contributed by atoms with Crippen molar-refractivity contribution in [2.45, 2.75) is 19.9 Å². The van der Waals surface area contributed by atoms with Gasteiger partial charge in [0.1, 0.15) is 11.1 Å². The minimum absolute atomic E-state index is 0.0164. The van der Waals surface area contributed by atoms with Crippen molar-refractivity contribution in [1.82, 2.24) is 30.0 Å². The Kier molecular flexibility index (Phi) is 5.62. The lowest BCUT2D eigenvalue weighted by molar-refractivity contribution is -0.131. The summed E-state index contributed by atoms with van der Waals surface area (Å²) in [6.07, 6.45) is 0. The Morgan fingerprint density at radius 2 is 1.82 bits per heavy atom. The van der Waals surface area contributed by atoms with Gasteiger partial charge in [0.05, 0.1) is 0 Å². The summed E-state index contributed by atoms with van der Waals surface area (Å²) in [4.78, 5) is 26.6. The predicted octanol–water partition coefficient (Wildman–Crippen LogP) is 2.87. The smallest absolute Gasteiger partial charge is 0.274 e. The Balaban J connectivity index is 1.95. The molecule has 2 heterocycles. The van der Waals surface area contributed by atoms with Crippen LogP contribution in [0.5, 0.6) is 0 Å². The molecule has 2 amide bonds. The van der Waals surface area contributed by atoms with Crippen LogP contribution in [0.1, 0.15) is 24.3 Å². The molecule has 3 rings (SSSR count). The number of hydrogen-bond donors (Lipinski definition) is 2. The van der Waals surface area contributed by atoms with Crippen molar-refractivity contribution in [3.05, 3.63) is 40.0 Å². The van der Waals surface area contributed by atoms with E-state index in [0.29, 0.717) is 16.5 Å². The molecule has 0 spiro atoms. The van der Waals surface area contributed by atoms with E-state index in [1.54, 1.807) is 38.4 Å². The second-order valence-corrected chi connectivity index (χ2v) is 7.72. The summed E-state index contributed by atoms with van der Waals surface area (Å²) in [6.45, 7) is 3.71. The van der Waals surface area contributed by atoms with Gasteiger partial charge in [0, 0.05) is 24.7 Å². The van der Waals surface area contributed by atoms with Crippen LogP contribution in [-0.2, 0) is 4.79 Å². The molecule has 28 heavy (non-hydrogen) atoms. The lowest BCUT2D eigenvalue weighted by Crippen LogP contribution is -2.49. The molecule has 2 N–H and O–H groups in total. The highest BCUT2D eigenvalue weighted by molar-refractivity contribution is 6.36. The van der Waals surface area contributed by atoms with Gasteiger partial charge in [-0.25, -0.2) is 0 Å². The van der Waals surface area contributed by atoms with Gasteiger partial charge in [-0.05, 0) is 30.2 Å². The van der Waals surface area contributed by atoms with Crippen molar-refractivity contribution in [1.29, 1.82) is 0 Å². The van der Waals surface area contributed by atoms with Crippen LogP contribution in [0.15, 0.2) is 24.3 Å². The van der Waals surface area contributed by atoms with E-state index in [2.05, 4.69) is 20.6 Å². The fraction of sp³-hybridized carbons (Fsp3) is 0.333. The van der Waals surface area contributed by atoms with E-state index in [-0.39, 0.29) is 22.5 Å². The van der Waals surface area contributed by atoms with Crippen molar-refractivity contribution in [2.24, 2.45) is 5.92 Å². The molecule has 1 unspecified atom stereocenters. The highest BCUT2D eigenvalue weighted by atomic mass is 35.5. The van der Waals surface area contributed by atoms with Gasteiger partial charge in [-0.1, -0.05) is 37.0 Å². The summed E-state index contributed by atoms with van der Waals surface area (Å²) in [5, 5.41) is 14.8. The van der Waals surface area contributed by atoms with E-state index in [1.165, 1.54) is 9.42 Å². The summed E-state index contributed by atoms with van der Waals surface area (Å²) in [5.74, 6) is -0.348. The maximum atomic E-state index is 12.8. The molecule has 2 aromatic heterocycles. The number of benzene rings is 1. The quantitative estimate of drug-likeness (QED) is 0.660. The Bertz CT molecular complexity index is 1020. The molecule has 10 heteroatoms. The maximum Gasteiger partial charge on any atom is 0.274 e. The highest BCUT2D eigenvalue weighted by Gasteiger charge is 2.29. The van der Waals surface area contributed by atoms with Crippen LogP contribution in [0.4, 0.5) is 0 Å². The summed E-state index contributed by atoms with van der Waals surface area (Å²) in [7, 11) is 3.28. The second kappa shape index (κ2) is 7.81. The summed E-state index contributed by atoms with van der Waals surface area (Å²) >= 11 is 12.3. The molecule has 0 aliphatic heterocycles. The number of fused-ring (bicyclic) bond motifs is 1. The molecule has 0 aliphatic carbocycles. The van der Waals surface area contributed by atoms with Gasteiger partial charge in [0.15, 0.2) is 17.2 Å². The first kappa shape index (κ1) is 20.2. The number of hydrogen-bond acceptors (Lipinski definition) is 4. The molecule has 3 aromatic rings. The average molecular weight is 423 g/mol. The van der Waals surface area contributed by atoms with E-state index in [0.717, 1.165) is 5.56 Å². The summed E-state index contributed by atoms with van der Waals surface area (Å²) in [5.41, 5.74) is 1.16. The number of amides is 2. The highest BCUT2D eigenvalue weighted by Crippen LogP contribution is 2.26. The SMILES string of the molecule is CC(C)C(NC(=O)c1nn2c(-c3ccc(Cl)cc3)n[nH]c2c1Cl)C(=O)N(C)C. The van der Waals surface area contributed by atoms with Crippen LogP contribution in [0.2, 0.25) is 10.0 Å². The molecule has 1 atom stereocenters. The van der Waals surface area contributed by atoms with Crippen LogP contribution in [0, 0.1) is 5.92 Å². The Morgan fingerprint density at radius 3 is 2.39 bits per heavy atom. The zero-order chi connectivity index (χ0) is 20.6. The van der Waals surface area contributed by atoms with E-state index < -0.39 is 11.9 Å². The molecule has 0 aliphatic rings. The minimum atomic E-state index is -0.688. The molecular formula is C18H20Cl2N6O2. The Morgan fingerprint density at radius 1 is 1.18 bits per heavy atom. The number of aromatic nitrogens is 4. The number of rotatable bonds is 5. The Hall–Kier alpha value is -2.58. The maximum absolute atomic E-state index is 12.8. The molecule has 0 radical (unpaired) electrons. The number of aromatic amines is 1. The lowest BCUT2D eigenvalue weighted by Gasteiger charge is -2.24. The van der Waals surface area contributed by atoms with Crippen LogP contribution in [-0.4, -0.2) is 56.7 Å². The number of carbonyl (C=O) groups excluding carboxylic acids is 2. The molecule has 0 saturated carbocycles. The standard InChI is InChI=1S/C18H20Cl2N6O2/c1-9(2)13(18(28)25(3)4)21-17(27)14-12(20)16-23-22-15(26(16)24-14)10-5-7-11(19)8-6-10/h5-9,13,23H,1-4H3,(H,21,27). The van der Waals surface area contributed by atoms with Gasteiger partial charge < -0.3 is 10.2 Å². The minimum Gasteiger partial charge on any atom is -0.347 e. The molecule has 8 nitrogen and oxygen atoms in total. The first-order valence-corrected chi connectivity index (χ1v) is 9.36. The van der Waals surface area contributed by atoms with Crippen LogP contribution < -0.4 is 5.32 Å². The van der Waals surface area contributed by atoms with Crippen molar-refractivity contribution in [3.8, 4) is 11.4 Å². The fourth-order valence-electron chi connectivity index (χ4n) is 2.73. The van der Waals surface area contributed by atoms with Gasteiger partial charge in [0.25, 0.3) is 5.91 Å². The van der Waals surface area contributed by atoms with Gasteiger partial charge in [-0.3, -0.25) is 14.7 Å². The average Bonchev–Trinajstić information content (AvgIpc) is 3.20. The largest absolute Gasteiger partial charge is 0.347 e. The Labute approximate surface area is 171 Å². The third kappa shape index (κ3) is 3.70. The zero-order valence-electron chi connectivity index (χ0n) is 15.8. The number of likely N-dealkylation sites (N-methyl/N-ethyl adjacent to an activating group) is 1. The van der Waals surface area contributed by atoms with Gasteiger partial charge >= 0.3 is 0 Å². The molecule has 1 aromatic carbocycles. The molecule has 0 bridgehead atoms. The zero-order valence-corrected chi connectivity index (χ0v) is 17.3. The lowest BCUT2D eigenvalue weighted by atomic mass is 10.0. The van der Waals surface area contributed by atoms with E-state index in [4.69, 9.17) is 23.2 Å². The third-order valence-electron chi connectivity index (χ3n) is 4.27. The van der Waals surface area contributed by atoms with Crippen molar-refractivity contribution in [3.63, 3.8) is 0 Å². The fourth-order valence-corrected chi connectivity index (χ4v) is 3.11. The monoisotopic (exact) mass is 422 g/mol. The molecule has 0 fully saturated rings. The van der Waals surface area contributed by atoms with Gasteiger partial charge in [-0.2, -0.15) is 14.7 Å². The summed E-state index contributed by atoms with van der Waals surface area (Å²) < 4.78 is 1.46. The van der Waals surface area contributed by atoms with Crippen molar-refractivity contribution >= 4 is 40.7 Å². The first-order valence-electron chi connectivity index (χ1n) is 8.61. The number of carbonyl (C=O) groups is 2. The summed E-state index contributed by atoms with van der Waals surface area (Å²) in [6, 6.07) is 6.36. The van der Waals surface area contributed by atoms with E-state index in [1.807, 2.05) is 13.8 Å². The number of nitrogens with zero attached hydrogens (tertiary/aromatic N) is 4. The second-order valence-electron chi connectivity index (χ2n) is 6.90. The number of halogens is 2. The first-order chi connectivity index (χ1) is 13.2. The van der Waals surface area contributed by atoms with Crippen LogP contribution in [0.3, 0.4) is 0 Å². The van der Waals surface area contributed by atoms with Crippen molar-refractivity contribution in [2.75, 3.05) is 14.1 Å². The van der Waals surface area contributed by atoms with E-state index in [9.17, 15) is 9.59 Å². The van der Waals surface area contributed by atoms with Gasteiger partial charge in [0.2, 0.25) is 5.91 Å².